The van der Waals surface area contributed by atoms with E-state index in [-0.39, 0.29) is 5.97 Å². The Morgan fingerprint density at radius 3 is 2.71 bits per heavy atom. The van der Waals surface area contributed by atoms with Crippen LogP contribution in [-0.2, 0) is 11.2 Å². The van der Waals surface area contributed by atoms with Crippen LogP contribution in [-0.4, -0.2) is 13.1 Å². The highest BCUT2D eigenvalue weighted by atomic mass is 79.9. The smallest absolute Gasteiger partial charge is 0.339 e. The Kier molecular flexibility index (Phi) is 3.96. The molecule has 0 N–H and O–H groups in total. The van der Waals surface area contributed by atoms with Gasteiger partial charge in [0.15, 0.2) is 0 Å². The number of hydrogen-bond donors (Lipinski definition) is 0. The summed E-state index contributed by atoms with van der Waals surface area (Å²) in [5.74, 6) is -0.389. The molecule has 0 unspecified atom stereocenters. The van der Waals surface area contributed by atoms with Gasteiger partial charge >= 0.3 is 5.97 Å². The average Bonchev–Trinajstić information content (AvgIpc) is 2.15. The van der Waals surface area contributed by atoms with Gasteiger partial charge < -0.3 is 4.74 Å². The molecule has 0 bridgehead atoms. The highest BCUT2D eigenvalue weighted by Gasteiger charge is 2.15. The van der Waals surface area contributed by atoms with E-state index in [9.17, 15) is 4.79 Å². The third-order valence-corrected chi connectivity index (χ3v) is 2.66. The van der Waals surface area contributed by atoms with E-state index in [4.69, 9.17) is 11.6 Å². The fourth-order valence-electron chi connectivity index (χ4n) is 1.24. The van der Waals surface area contributed by atoms with Gasteiger partial charge in [-0.15, -0.1) is 0 Å². The minimum atomic E-state index is -0.389. The van der Waals surface area contributed by atoms with E-state index in [2.05, 4.69) is 20.7 Å². The number of esters is 1. The second kappa shape index (κ2) is 4.80. The van der Waals surface area contributed by atoms with Gasteiger partial charge in [0.1, 0.15) is 0 Å². The van der Waals surface area contributed by atoms with Crippen LogP contribution in [0.15, 0.2) is 16.6 Å². The molecular weight excluding hydrogens is 267 g/mol. The summed E-state index contributed by atoms with van der Waals surface area (Å²) >= 11 is 9.28. The second-order valence-electron chi connectivity index (χ2n) is 2.77. The Labute approximate surface area is 96.3 Å². The molecule has 1 aromatic carbocycles. The van der Waals surface area contributed by atoms with Crippen molar-refractivity contribution in [3.05, 3.63) is 32.8 Å². The molecular formula is C10H10BrClO2. The first kappa shape index (κ1) is 11.5. The van der Waals surface area contributed by atoms with Crippen molar-refractivity contribution < 1.29 is 9.53 Å². The van der Waals surface area contributed by atoms with Crippen LogP contribution in [0.5, 0.6) is 0 Å². The van der Waals surface area contributed by atoms with Crippen molar-refractivity contribution in [1.29, 1.82) is 0 Å². The SMILES string of the molecule is CCc1cc(Br)cc(Cl)c1C(=O)OC. The van der Waals surface area contributed by atoms with Gasteiger partial charge in [0.2, 0.25) is 0 Å². The van der Waals surface area contributed by atoms with Gasteiger partial charge in [-0.05, 0) is 24.1 Å². The summed E-state index contributed by atoms with van der Waals surface area (Å²) in [5.41, 5.74) is 1.34. The molecule has 0 amide bonds. The topological polar surface area (TPSA) is 26.3 Å². The number of rotatable bonds is 2. The first-order valence-electron chi connectivity index (χ1n) is 4.16. The summed E-state index contributed by atoms with van der Waals surface area (Å²) < 4.78 is 5.53. The molecule has 0 aliphatic heterocycles. The predicted molar refractivity (Wildman–Crippen MR) is 59.9 cm³/mol. The van der Waals surface area contributed by atoms with Crippen molar-refractivity contribution in [3.8, 4) is 0 Å². The highest BCUT2D eigenvalue weighted by Crippen LogP contribution is 2.26. The quantitative estimate of drug-likeness (QED) is 0.774. The van der Waals surface area contributed by atoms with Crippen LogP contribution in [0.4, 0.5) is 0 Å². The number of hydrogen-bond acceptors (Lipinski definition) is 2. The number of methoxy groups -OCH3 is 1. The standard InChI is InChI=1S/C10H10BrClO2/c1-3-6-4-7(11)5-8(12)9(6)10(13)14-2/h4-5H,3H2,1-2H3. The fraction of sp³-hybridized carbons (Fsp3) is 0.300. The molecule has 0 heterocycles. The highest BCUT2D eigenvalue weighted by molar-refractivity contribution is 9.10. The number of halogens is 2. The van der Waals surface area contributed by atoms with Gasteiger partial charge in [0, 0.05) is 4.47 Å². The van der Waals surface area contributed by atoms with Gasteiger partial charge in [-0.25, -0.2) is 4.79 Å². The van der Waals surface area contributed by atoms with Gasteiger partial charge in [-0.2, -0.15) is 0 Å². The second-order valence-corrected chi connectivity index (χ2v) is 4.09. The third-order valence-electron chi connectivity index (χ3n) is 1.91. The van der Waals surface area contributed by atoms with Crippen molar-refractivity contribution in [3.63, 3.8) is 0 Å². The van der Waals surface area contributed by atoms with Gasteiger partial charge in [-0.1, -0.05) is 34.5 Å². The monoisotopic (exact) mass is 276 g/mol. The van der Waals surface area contributed by atoms with Gasteiger partial charge in [-0.3, -0.25) is 0 Å². The molecule has 0 saturated heterocycles. The van der Waals surface area contributed by atoms with Crippen molar-refractivity contribution in [2.75, 3.05) is 7.11 Å². The Bertz CT molecular complexity index is 363. The maximum absolute atomic E-state index is 11.4. The summed E-state index contributed by atoms with van der Waals surface area (Å²) in [6, 6.07) is 3.56. The Morgan fingerprint density at radius 2 is 2.21 bits per heavy atom. The zero-order valence-electron chi connectivity index (χ0n) is 7.93. The maximum atomic E-state index is 11.4. The summed E-state index contributed by atoms with van der Waals surface area (Å²) in [7, 11) is 1.35. The van der Waals surface area contributed by atoms with Crippen LogP contribution in [0, 0.1) is 0 Å². The number of aryl methyl sites for hydroxylation is 1. The Hall–Kier alpha value is -0.540. The van der Waals surface area contributed by atoms with E-state index in [0.717, 1.165) is 16.5 Å². The molecule has 0 saturated carbocycles. The lowest BCUT2D eigenvalue weighted by molar-refractivity contribution is 0.0599. The molecule has 0 fully saturated rings. The number of carbonyl (C=O) groups excluding carboxylic acids is 1. The number of carbonyl (C=O) groups is 1. The number of ether oxygens (including phenoxy) is 1. The lowest BCUT2D eigenvalue weighted by Gasteiger charge is -2.08. The number of benzene rings is 1. The van der Waals surface area contributed by atoms with E-state index >= 15 is 0 Å². The van der Waals surface area contributed by atoms with E-state index in [1.807, 2.05) is 13.0 Å². The van der Waals surface area contributed by atoms with Crippen LogP contribution >= 0.6 is 27.5 Å². The van der Waals surface area contributed by atoms with Gasteiger partial charge in [0.05, 0.1) is 17.7 Å². The first-order chi connectivity index (χ1) is 6.60. The fourth-order valence-corrected chi connectivity index (χ4v) is 2.19. The summed E-state index contributed by atoms with van der Waals surface area (Å²) in [4.78, 5) is 11.4. The van der Waals surface area contributed by atoms with E-state index in [0.29, 0.717) is 10.6 Å². The minimum Gasteiger partial charge on any atom is -0.465 e. The molecule has 14 heavy (non-hydrogen) atoms. The molecule has 76 valence electrons. The summed E-state index contributed by atoms with van der Waals surface area (Å²) in [6.07, 6.45) is 0.740. The Balaban J connectivity index is 3.32. The molecule has 0 aromatic heterocycles. The summed E-state index contributed by atoms with van der Waals surface area (Å²) in [5, 5.41) is 0.420. The zero-order chi connectivity index (χ0) is 10.7. The minimum absolute atomic E-state index is 0.389. The summed E-state index contributed by atoms with van der Waals surface area (Å²) in [6.45, 7) is 1.96. The van der Waals surface area contributed by atoms with E-state index in [1.165, 1.54) is 7.11 Å². The van der Waals surface area contributed by atoms with Crippen molar-refractivity contribution in [2.45, 2.75) is 13.3 Å². The van der Waals surface area contributed by atoms with Gasteiger partial charge in [0.25, 0.3) is 0 Å². The van der Waals surface area contributed by atoms with Crippen LogP contribution in [0.1, 0.15) is 22.8 Å². The molecule has 0 aliphatic carbocycles. The molecule has 0 atom stereocenters. The van der Waals surface area contributed by atoms with Crippen molar-refractivity contribution in [1.82, 2.24) is 0 Å². The van der Waals surface area contributed by atoms with Crippen LogP contribution in [0.2, 0.25) is 5.02 Å². The zero-order valence-corrected chi connectivity index (χ0v) is 10.3. The van der Waals surface area contributed by atoms with Crippen molar-refractivity contribution in [2.24, 2.45) is 0 Å². The van der Waals surface area contributed by atoms with Crippen LogP contribution < -0.4 is 0 Å². The first-order valence-corrected chi connectivity index (χ1v) is 5.33. The molecule has 4 heteroatoms. The molecule has 2 nitrogen and oxygen atoms in total. The predicted octanol–water partition coefficient (Wildman–Crippen LogP) is 3.45. The molecule has 0 spiro atoms. The maximum Gasteiger partial charge on any atom is 0.339 e. The van der Waals surface area contributed by atoms with E-state index < -0.39 is 0 Å². The lowest BCUT2D eigenvalue weighted by Crippen LogP contribution is -2.06. The Morgan fingerprint density at radius 1 is 1.57 bits per heavy atom. The molecule has 0 aliphatic rings. The molecule has 1 rings (SSSR count). The normalized spacial score (nSPS) is 10.0. The molecule has 1 aromatic rings. The average molecular weight is 278 g/mol. The van der Waals surface area contributed by atoms with Crippen LogP contribution in [0.3, 0.4) is 0 Å². The van der Waals surface area contributed by atoms with Crippen LogP contribution in [0.25, 0.3) is 0 Å². The lowest BCUT2D eigenvalue weighted by atomic mass is 10.1. The van der Waals surface area contributed by atoms with E-state index in [1.54, 1.807) is 6.07 Å². The third kappa shape index (κ3) is 2.28. The van der Waals surface area contributed by atoms with Crippen molar-refractivity contribution >= 4 is 33.5 Å². The molecule has 0 radical (unpaired) electrons. The largest absolute Gasteiger partial charge is 0.465 e.